The smallest absolute Gasteiger partial charge is 0.199 e. The number of hydrogen-bond donors (Lipinski definition) is 1. The van der Waals surface area contributed by atoms with Crippen LogP contribution in [0.1, 0.15) is 21.5 Å². The largest absolute Gasteiger partial charge is 0.383 e. The van der Waals surface area contributed by atoms with Crippen LogP contribution in [0, 0.1) is 18.6 Å². The van der Waals surface area contributed by atoms with E-state index < -0.39 is 17.4 Å². The van der Waals surface area contributed by atoms with Crippen LogP contribution in [-0.4, -0.2) is 10.8 Å². The first kappa shape index (κ1) is 12.2. The number of aryl methyl sites for hydroxylation is 1. The Balaban J connectivity index is 2.55. The van der Waals surface area contributed by atoms with E-state index in [0.29, 0.717) is 11.6 Å². The van der Waals surface area contributed by atoms with E-state index in [1.54, 1.807) is 13.0 Å². The standard InChI is InChI=1S/C13H10F2N2O/c1-7-4-5-17-13(16)11(7)12(18)9-3-2-8(14)6-10(9)15/h2-6H,1H3,(H2,16,17). The lowest BCUT2D eigenvalue weighted by Gasteiger charge is -2.08. The summed E-state index contributed by atoms with van der Waals surface area (Å²) in [7, 11) is 0. The average molecular weight is 248 g/mol. The zero-order valence-electron chi connectivity index (χ0n) is 9.58. The molecule has 1 aromatic heterocycles. The fourth-order valence-corrected chi connectivity index (χ4v) is 1.68. The van der Waals surface area contributed by atoms with Crippen molar-refractivity contribution in [2.24, 2.45) is 0 Å². The van der Waals surface area contributed by atoms with Crippen LogP contribution in [0.2, 0.25) is 0 Å². The average Bonchev–Trinajstić information content (AvgIpc) is 2.28. The quantitative estimate of drug-likeness (QED) is 0.830. The Kier molecular flexibility index (Phi) is 3.06. The molecule has 2 rings (SSSR count). The minimum Gasteiger partial charge on any atom is -0.383 e. The van der Waals surface area contributed by atoms with Crippen molar-refractivity contribution in [1.29, 1.82) is 0 Å². The molecule has 0 aliphatic heterocycles. The predicted octanol–water partition coefficient (Wildman–Crippen LogP) is 2.48. The third-order valence-electron chi connectivity index (χ3n) is 2.59. The van der Waals surface area contributed by atoms with Gasteiger partial charge in [-0.15, -0.1) is 0 Å². The van der Waals surface area contributed by atoms with Gasteiger partial charge in [-0.1, -0.05) is 0 Å². The van der Waals surface area contributed by atoms with Crippen LogP contribution >= 0.6 is 0 Å². The number of nitrogens with two attached hydrogens (primary N) is 1. The molecule has 0 aliphatic carbocycles. The Morgan fingerprint density at radius 1 is 1.28 bits per heavy atom. The number of ketones is 1. The van der Waals surface area contributed by atoms with Crippen LogP contribution in [0.4, 0.5) is 14.6 Å². The molecule has 2 aromatic rings. The van der Waals surface area contributed by atoms with Crippen molar-refractivity contribution in [2.45, 2.75) is 6.92 Å². The molecule has 92 valence electrons. The van der Waals surface area contributed by atoms with Crippen molar-refractivity contribution in [3.63, 3.8) is 0 Å². The SMILES string of the molecule is Cc1ccnc(N)c1C(=O)c1ccc(F)cc1F. The van der Waals surface area contributed by atoms with Gasteiger partial charge in [-0.05, 0) is 30.7 Å². The fraction of sp³-hybridized carbons (Fsp3) is 0.0769. The van der Waals surface area contributed by atoms with E-state index in [0.717, 1.165) is 12.1 Å². The van der Waals surface area contributed by atoms with Crippen molar-refractivity contribution in [3.05, 3.63) is 58.8 Å². The molecule has 0 amide bonds. The molecule has 2 N–H and O–H groups in total. The molecule has 0 bridgehead atoms. The first-order chi connectivity index (χ1) is 8.50. The lowest BCUT2D eigenvalue weighted by atomic mass is 9.99. The summed E-state index contributed by atoms with van der Waals surface area (Å²) in [4.78, 5) is 15.9. The Labute approximate surface area is 102 Å². The third-order valence-corrected chi connectivity index (χ3v) is 2.59. The summed E-state index contributed by atoms with van der Waals surface area (Å²) in [5.74, 6) is -2.22. The van der Waals surface area contributed by atoms with Gasteiger partial charge in [0, 0.05) is 12.3 Å². The van der Waals surface area contributed by atoms with Gasteiger partial charge in [0.2, 0.25) is 0 Å². The van der Waals surface area contributed by atoms with Gasteiger partial charge in [-0.25, -0.2) is 13.8 Å². The zero-order chi connectivity index (χ0) is 13.3. The molecule has 0 radical (unpaired) electrons. The van der Waals surface area contributed by atoms with Gasteiger partial charge < -0.3 is 5.73 Å². The fourth-order valence-electron chi connectivity index (χ4n) is 1.68. The van der Waals surface area contributed by atoms with E-state index >= 15 is 0 Å². The summed E-state index contributed by atoms with van der Waals surface area (Å²) < 4.78 is 26.3. The number of rotatable bonds is 2. The number of hydrogen-bond acceptors (Lipinski definition) is 3. The minimum atomic E-state index is -0.914. The lowest BCUT2D eigenvalue weighted by Crippen LogP contribution is -2.11. The van der Waals surface area contributed by atoms with Crippen LogP contribution in [0.5, 0.6) is 0 Å². The van der Waals surface area contributed by atoms with E-state index in [1.165, 1.54) is 6.20 Å². The maximum atomic E-state index is 13.5. The Bertz CT molecular complexity index is 606. The van der Waals surface area contributed by atoms with Crippen LogP contribution in [0.15, 0.2) is 30.5 Å². The molecule has 0 saturated heterocycles. The van der Waals surface area contributed by atoms with Crippen LogP contribution < -0.4 is 5.73 Å². The number of carbonyl (C=O) groups excluding carboxylic acids is 1. The van der Waals surface area contributed by atoms with E-state index in [-0.39, 0.29) is 16.9 Å². The molecule has 0 saturated carbocycles. The molecule has 1 heterocycles. The number of aromatic nitrogens is 1. The molecule has 0 spiro atoms. The molecule has 0 fully saturated rings. The second-order valence-electron chi connectivity index (χ2n) is 3.84. The first-order valence-corrected chi connectivity index (χ1v) is 5.21. The van der Waals surface area contributed by atoms with Gasteiger partial charge >= 0.3 is 0 Å². The lowest BCUT2D eigenvalue weighted by molar-refractivity contribution is 0.103. The van der Waals surface area contributed by atoms with E-state index in [9.17, 15) is 13.6 Å². The summed E-state index contributed by atoms with van der Waals surface area (Å²) in [6, 6.07) is 4.39. The molecule has 0 aliphatic rings. The Morgan fingerprint density at radius 3 is 2.61 bits per heavy atom. The van der Waals surface area contributed by atoms with Crippen LogP contribution in [0.25, 0.3) is 0 Å². The summed E-state index contributed by atoms with van der Waals surface area (Å²) in [6.45, 7) is 1.67. The second kappa shape index (κ2) is 4.52. The predicted molar refractivity (Wildman–Crippen MR) is 63.2 cm³/mol. The van der Waals surface area contributed by atoms with Gasteiger partial charge in [-0.3, -0.25) is 4.79 Å². The highest BCUT2D eigenvalue weighted by atomic mass is 19.1. The van der Waals surface area contributed by atoms with E-state index in [1.807, 2.05) is 0 Å². The normalized spacial score (nSPS) is 10.4. The molecule has 5 heteroatoms. The van der Waals surface area contributed by atoms with Gasteiger partial charge in [-0.2, -0.15) is 0 Å². The topological polar surface area (TPSA) is 56.0 Å². The summed E-state index contributed by atoms with van der Waals surface area (Å²) >= 11 is 0. The summed E-state index contributed by atoms with van der Waals surface area (Å²) in [5.41, 5.74) is 6.12. The van der Waals surface area contributed by atoms with Crippen LogP contribution in [-0.2, 0) is 0 Å². The highest BCUT2D eigenvalue weighted by molar-refractivity contribution is 6.12. The van der Waals surface area contributed by atoms with Gasteiger partial charge in [0.25, 0.3) is 0 Å². The molecule has 1 aromatic carbocycles. The molecule has 0 unspecified atom stereocenters. The number of anilines is 1. The molecular formula is C13H10F2N2O. The van der Waals surface area contributed by atoms with Gasteiger partial charge in [0.1, 0.15) is 17.5 Å². The first-order valence-electron chi connectivity index (χ1n) is 5.21. The zero-order valence-corrected chi connectivity index (χ0v) is 9.58. The van der Waals surface area contributed by atoms with Crippen LogP contribution in [0.3, 0.4) is 0 Å². The number of nitrogen functional groups attached to an aromatic ring is 1. The number of nitrogens with zero attached hydrogens (tertiary/aromatic N) is 1. The van der Waals surface area contributed by atoms with Crippen molar-refractivity contribution in [1.82, 2.24) is 4.98 Å². The number of pyridine rings is 1. The molecule has 18 heavy (non-hydrogen) atoms. The monoisotopic (exact) mass is 248 g/mol. The summed E-state index contributed by atoms with van der Waals surface area (Å²) in [6.07, 6.45) is 1.46. The van der Waals surface area contributed by atoms with Gasteiger partial charge in [0.15, 0.2) is 5.78 Å². The summed E-state index contributed by atoms with van der Waals surface area (Å²) in [5, 5.41) is 0. The molecule has 0 atom stereocenters. The van der Waals surface area contributed by atoms with Crippen molar-refractivity contribution < 1.29 is 13.6 Å². The maximum Gasteiger partial charge on any atom is 0.199 e. The van der Waals surface area contributed by atoms with E-state index in [2.05, 4.69) is 4.98 Å². The highest BCUT2D eigenvalue weighted by Gasteiger charge is 2.19. The molecular weight excluding hydrogens is 238 g/mol. The van der Waals surface area contributed by atoms with Crippen molar-refractivity contribution in [3.8, 4) is 0 Å². The molecule has 3 nitrogen and oxygen atoms in total. The Hall–Kier alpha value is -2.30. The number of benzene rings is 1. The van der Waals surface area contributed by atoms with E-state index in [4.69, 9.17) is 5.73 Å². The minimum absolute atomic E-state index is 0.0312. The second-order valence-corrected chi connectivity index (χ2v) is 3.84. The Morgan fingerprint density at radius 2 is 2.00 bits per heavy atom. The van der Waals surface area contributed by atoms with Gasteiger partial charge in [0.05, 0.1) is 11.1 Å². The highest BCUT2D eigenvalue weighted by Crippen LogP contribution is 2.20. The van der Waals surface area contributed by atoms with Crippen molar-refractivity contribution >= 4 is 11.6 Å². The number of halogens is 2. The third kappa shape index (κ3) is 2.07. The maximum absolute atomic E-state index is 13.5. The van der Waals surface area contributed by atoms with Crippen molar-refractivity contribution in [2.75, 3.05) is 5.73 Å². The number of carbonyl (C=O) groups is 1.